The van der Waals surface area contributed by atoms with Crippen LogP contribution in [0.25, 0.3) is 0 Å². The number of rotatable bonds is 7. The van der Waals surface area contributed by atoms with Gasteiger partial charge in [-0.15, -0.1) is 0 Å². The average Bonchev–Trinajstić information content (AvgIpc) is 2.43. The Morgan fingerprint density at radius 2 is 1.86 bits per heavy atom. The summed E-state index contributed by atoms with van der Waals surface area (Å²) < 4.78 is 27.8. The lowest BCUT2D eigenvalue weighted by molar-refractivity contribution is 0.227. The molecule has 1 atom stereocenters. The zero-order chi connectivity index (χ0) is 16.2. The summed E-state index contributed by atoms with van der Waals surface area (Å²) in [6.45, 7) is 7.32. The maximum absolute atomic E-state index is 12.6. The van der Waals surface area contributed by atoms with Crippen molar-refractivity contribution in [1.29, 1.82) is 0 Å². The van der Waals surface area contributed by atoms with Crippen LogP contribution < -0.4 is 10.5 Å². The standard InChI is InChI=1S/C15H26N2O3S/c1-5-11-7-13(16)12(6-2)15(8-11)21(19,20)17-14(9-18)10(3)4/h7-8,10,14,17-18H,5-6,9,16H2,1-4H3. The fourth-order valence-electron chi connectivity index (χ4n) is 2.20. The van der Waals surface area contributed by atoms with E-state index in [4.69, 9.17) is 5.73 Å². The number of benzene rings is 1. The van der Waals surface area contributed by atoms with Crippen molar-refractivity contribution >= 4 is 15.7 Å². The Balaban J connectivity index is 3.33. The number of aliphatic hydroxyl groups excluding tert-OH is 1. The molecule has 1 aromatic rings. The largest absolute Gasteiger partial charge is 0.398 e. The number of aliphatic hydroxyl groups is 1. The molecule has 0 amide bonds. The average molecular weight is 314 g/mol. The molecule has 0 aliphatic carbocycles. The molecule has 0 spiro atoms. The molecule has 0 aliphatic rings. The first-order valence-electron chi connectivity index (χ1n) is 7.31. The maximum Gasteiger partial charge on any atom is 0.241 e. The molecule has 0 radical (unpaired) electrons. The van der Waals surface area contributed by atoms with E-state index in [1.807, 2.05) is 33.8 Å². The van der Waals surface area contributed by atoms with Gasteiger partial charge in [0, 0.05) is 11.7 Å². The van der Waals surface area contributed by atoms with Gasteiger partial charge in [0.25, 0.3) is 0 Å². The van der Waals surface area contributed by atoms with Crippen molar-refractivity contribution < 1.29 is 13.5 Å². The zero-order valence-corrected chi connectivity index (χ0v) is 14.0. The van der Waals surface area contributed by atoms with Gasteiger partial charge in [-0.25, -0.2) is 13.1 Å². The summed E-state index contributed by atoms with van der Waals surface area (Å²) in [6, 6.07) is 2.99. The summed E-state index contributed by atoms with van der Waals surface area (Å²) in [5, 5.41) is 9.34. The molecule has 0 saturated carbocycles. The minimum absolute atomic E-state index is 0.00144. The van der Waals surface area contributed by atoms with Crippen molar-refractivity contribution in [3.8, 4) is 0 Å². The molecule has 0 aromatic heterocycles. The molecule has 6 heteroatoms. The molecule has 120 valence electrons. The van der Waals surface area contributed by atoms with Gasteiger partial charge in [-0.1, -0.05) is 27.7 Å². The fourth-order valence-corrected chi connectivity index (χ4v) is 3.96. The zero-order valence-electron chi connectivity index (χ0n) is 13.2. The van der Waals surface area contributed by atoms with Gasteiger partial charge in [0.2, 0.25) is 10.0 Å². The number of anilines is 1. The molecule has 4 N–H and O–H groups in total. The predicted octanol–water partition coefficient (Wildman–Crippen LogP) is 1.69. The normalized spacial score (nSPS) is 13.6. The number of nitrogens with one attached hydrogen (secondary N) is 1. The highest BCUT2D eigenvalue weighted by molar-refractivity contribution is 7.89. The molecule has 1 unspecified atom stereocenters. The van der Waals surface area contributed by atoms with Crippen LogP contribution in [-0.4, -0.2) is 26.2 Å². The Kier molecular flexibility index (Phi) is 6.19. The second kappa shape index (κ2) is 7.24. The summed E-state index contributed by atoms with van der Waals surface area (Å²) >= 11 is 0. The third-order valence-electron chi connectivity index (χ3n) is 3.66. The highest BCUT2D eigenvalue weighted by Crippen LogP contribution is 2.25. The van der Waals surface area contributed by atoms with E-state index in [1.165, 1.54) is 0 Å². The molecule has 5 nitrogen and oxygen atoms in total. The molecule has 21 heavy (non-hydrogen) atoms. The highest BCUT2D eigenvalue weighted by Gasteiger charge is 2.25. The van der Waals surface area contributed by atoms with Gasteiger partial charge in [-0.05, 0) is 42.0 Å². The van der Waals surface area contributed by atoms with Crippen molar-refractivity contribution in [3.05, 3.63) is 23.3 Å². The molecule has 0 fully saturated rings. The number of hydrogen-bond acceptors (Lipinski definition) is 4. The number of hydrogen-bond donors (Lipinski definition) is 3. The van der Waals surface area contributed by atoms with E-state index in [0.29, 0.717) is 24.1 Å². The van der Waals surface area contributed by atoms with Crippen molar-refractivity contribution in [1.82, 2.24) is 4.72 Å². The van der Waals surface area contributed by atoms with Gasteiger partial charge in [0.05, 0.1) is 11.5 Å². The summed E-state index contributed by atoms with van der Waals surface area (Å²) in [5.41, 5.74) is 8.00. The number of sulfonamides is 1. The number of aryl methyl sites for hydroxylation is 1. The van der Waals surface area contributed by atoms with Gasteiger partial charge >= 0.3 is 0 Å². The lowest BCUT2D eigenvalue weighted by Crippen LogP contribution is -2.41. The summed E-state index contributed by atoms with van der Waals surface area (Å²) in [7, 11) is -3.70. The van der Waals surface area contributed by atoms with Crippen molar-refractivity contribution in [2.75, 3.05) is 12.3 Å². The van der Waals surface area contributed by atoms with Crippen LogP contribution in [0.4, 0.5) is 5.69 Å². The first-order valence-corrected chi connectivity index (χ1v) is 8.79. The Morgan fingerprint density at radius 3 is 2.29 bits per heavy atom. The molecule has 0 bridgehead atoms. The Bertz CT molecular complexity index is 583. The quantitative estimate of drug-likeness (QED) is 0.668. The van der Waals surface area contributed by atoms with E-state index >= 15 is 0 Å². The number of nitrogens with two attached hydrogens (primary N) is 1. The van der Waals surface area contributed by atoms with Crippen LogP contribution in [0.1, 0.15) is 38.8 Å². The van der Waals surface area contributed by atoms with Crippen molar-refractivity contribution in [2.24, 2.45) is 5.92 Å². The van der Waals surface area contributed by atoms with Crippen LogP contribution >= 0.6 is 0 Å². The van der Waals surface area contributed by atoms with E-state index in [9.17, 15) is 13.5 Å². The monoisotopic (exact) mass is 314 g/mol. The van der Waals surface area contributed by atoms with Gasteiger partial charge in [0.15, 0.2) is 0 Å². The second-order valence-corrected chi connectivity index (χ2v) is 7.21. The van der Waals surface area contributed by atoms with Crippen molar-refractivity contribution in [3.63, 3.8) is 0 Å². The van der Waals surface area contributed by atoms with Crippen LogP contribution in [0.5, 0.6) is 0 Å². The van der Waals surface area contributed by atoms with Crippen molar-refractivity contribution in [2.45, 2.75) is 51.5 Å². The molecule has 1 aromatic carbocycles. The molecule has 1 rings (SSSR count). The predicted molar refractivity (Wildman–Crippen MR) is 85.6 cm³/mol. The van der Waals surface area contributed by atoms with Crippen LogP contribution in [0, 0.1) is 5.92 Å². The minimum Gasteiger partial charge on any atom is -0.398 e. The molecule has 0 aliphatic heterocycles. The second-order valence-electron chi connectivity index (χ2n) is 5.52. The first-order chi connectivity index (χ1) is 9.76. The van der Waals surface area contributed by atoms with Crippen LogP contribution in [0.3, 0.4) is 0 Å². The third kappa shape index (κ3) is 4.18. The van der Waals surface area contributed by atoms with Gasteiger partial charge in [-0.2, -0.15) is 0 Å². The molecular formula is C15H26N2O3S. The lowest BCUT2D eigenvalue weighted by Gasteiger charge is -2.21. The topological polar surface area (TPSA) is 92.4 Å². The SMILES string of the molecule is CCc1cc(N)c(CC)c(S(=O)(=O)NC(CO)C(C)C)c1. The van der Waals surface area contributed by atoms with Crippen LogP contribution in [0.2, 0.25) is 0 Å². The molecular weight excluding hydrogens is 288 g/mol. The summed E-state index contributed by atoms with van der Waals surface area (Å²) in [4.78, 5) is 0.223. The van der Waals surface area contributed by atoms with Gasteiger partial charge < -0.3 is 10.8 Å². The van der Waals surface area contributed by atoms with E-state index in [-0.39, 0.29) is 17.4 Å². The Hall–Kier alpha value is -1.11. The Labute approximate surface area is 127 Å². The highest BCUT2D eigenvalue weighted by atomic mass is 32.2. The third-order valence-corrected chi connectivity index (χ3v) is 5.22. The van der Waals surface area contributed by atoms with Crippen LogP contribution in [0.15, 0.2) is 17.0 Å². The summed E-state index contributed by atoms with van der Waals surface area (Å²) in [5.74, 6) is 0.00144. The first kappa shape index (κ1) is 17.9. The van der Waals surface area contributed by atoms with Gasteiger partial charge in [-0.3, -0.25) is 0 Å². The van der Waals surface area contributed by atoms with E-state index in [1.54, 1.807) is 6.07 Å². The van der Waals surface area contributed by atoms with E-state index in [0.717, 1.165) is 5.56 Å². The fraction of sp³-hybridized carbons (Fsp3) is 0.600. The smallest absolute Gasteiger partial charge is 0.241 e. The summed E-state index contributed by atoms with van der Waals surface area (Å²) in [6.07, 6.45) is 1.25. The minimum atomic E-state index is -3.70. The molecule has 0 heterocycles. The van der Waals surface area contributed by atoms with Gasteiger partial charge in [0.1, 0.15) is 0 Å². The number of nitrogen functional groups attached to an aromatic ring is 1. The lowest BCUT2D eigenvalue weighted by atomic mass is 10.1. The Morgan fingerprint density at radius 1 is 1.24 bits per heavy atom. The van der Waals surface area contributed by atoms with E-state index < -0.39 is 16.1 Å². The maximum atomic E-state index is 12.6. The van der Waals surface area contributed by atoms with E-state index in [2.05, 4.69) is 4.72 Å². The van der Waals surface area contributed by atoms with Crippen LogP contribution in [-0.2, 0) is 22.9 Å². The molecule has 0 saturated heterocycles.